The molecule has 20 nitrogen and oxygen atoms in total. The average Bonchev–Trinajstić information content (AvgIpc) is 2.98. The van der Waals surface area contributed by atoms with Crippen LogP contribution >= 0.6 is 0 Å². The molecule has 3 saturated heterocycles. The van der Waals surface area contributed by atoms with Crippen molar-refractivity contribution < 1.29 is 95.2 Å². The van der Waals surface area contributed by atoms with Crippen LogP contribution in [-0.2, 0) is 95.2 Å². The molecule has 0 radical (unpaired) electrons. The highest BCUT2D eigenvalue weighted by molar-refractivity contribution is 5.70. The smallest absolute Gasteiger partial charge is 0.303 e. The van der Waals surface area contributed by atoms with Crippen LogP contribution in [0.1, 0.15) is 55.4 Å². The molecule has 0 aromatic rings. The third-order valence-corrected chi connectivity index (χ3v) is 7.28. The fraction of sp³-hybridized carbons (Fsp3) is 0.733. The van der Waals surface area contributed by atoms with E-state index in [0.717, 1.165) is 55.4 Å². The fourth-order valence-corrected chi connectivity index (χ4v) is 5.68. The number of hydrogen-bond acceptors (Lipinski definition) is 20. The lowest BCUT2D eigenvalue weighted by molar-refractivity contribution is -0.466. The molecule has 280 valence electrons. The van der Waals surface area contributed by atoms with Gasteiger partial charge in [0.15, 0.2) is 36.6 Å². The van der Waals surface area contributed by atoms with Crippen LogP contribution in [0.15, 0.2) is 0 Å². The van der Waals surface area contributed by atoms with Crippen LogP contribution in [0.3, 0.4) is 0 Å². The molecule has 0 bridgehead atoms. The van der Waals surface area contributed by atoms with Crippen molar-refractivity contribution in [2.24, 2.45) is 0 Å². The summed E-state index contributed by atoms with van der Waals surface area (Å²) in [6.45, 7) is 5.62. The third-order valence-electron chi connectivity index (χ3n) is 7.28. The van der Waals surface area contributed by atoms with E-state index in [2.05, 4.69) is 0 Å². The highest BCUT2D eigenvalue weighted by Gasteiger charge is 2.69. The van der Waals surface area contributed by atoms with E-state index in [1.165, 1.54) is 0 Å². The van der Waals surface area contributed by atoms with Crippen LogP contribution in [0.2, 0.25) is 0 Å². The summed E-state index contributed by atoms with van der Waals surface area (Å²) in [6.07, 6.45) is -12.6. The lowest BCUT2D eigenvalue weighted by Gasteiger charge is -2.57. The summed E-state index contributed by atoms with van der Waals surface area (Å²) in [6, 6.07) is 0. The van der Waals surface area contributed by atoms with Crippen molar-refractivity contribution in [2.45, 2.75) is 116 Å². The predicted octanol–water partition coefficient (Wildman–Crippen LogP) is -1.06. The summed E-state index contributed by atoms with van der Waals surface area (Å²) < 4.78 is 67.7. The number of ether oxygens (including phenoxy) is 12. The Balaban J connectivity index is 2.15. The van der Waals surface area contributed by atoms with Crippen molar-refractivity contribution in [3.05, 3.63) is 0 Å². The summed E-state index contributed by atoms with van der Waals surface area (Å²) in [5.41, 5.74) is 0. The second-order valence-corrected chi connectivity index (χ2v) is 11.5. The van der Waals surface area contributed by atoms with E-state index < -0.39 is 135 Å². The minimum atomic E-state index is -2.24. The Bertz CT molecular complexity index is 1230. The highest BCUT2D eigenvalue weighted by Crippen LogP contribution is 2.45. The quantitative estimate of drug-likeness (QED) is 0.193. The van der Waals surface area contributed by atoms with E-state index in [-0.39, 0.29) is 0 Å². The molecule has 20 heteroatoms. The van der Waals surface area contributed by atoms with E-state index in [4.69, 9.17) is 56.8 Å². The largest absolute Gasteiger partial charge is 0.463 e. The first-order valence-electron chi connectivity index (χ1n) is 15.2. The Morgan fingerprint density at radius 2 is 0.720 bits per heavy atom. The number of carbonyl (C=O) groups excluding carboxylic acids is 8. The minimum absolute atomic E-state index is 0.580. The number of rotatable bonds is 10. The van der Waals surface area contributed by atoms with E-state index >= 15 is 0 Å². The van der Waals surface area contributed by atoms with Crippen LogP contribution in [-0.4, -0.2) is 135 Å². The van der Waals surface area contributed by atoms with Gasteiger partial charge in [-0.3, -0.25) is 38.4 Å². The van der Waals surface area contributed by atoms with Crippen molar-refractivity contribution in [1.82, 2.24) is 0 Å². The SMILES string of the molecule is CC(=O)OC[C@H]1O[C@@]2(CO[C@@]3(CO2)O[C@H](COC(C)=O)[C@@H](OC(C)=O)[C@H](OC(C)=O)[C@H]3OC(C)=O)[C@H](OC(C)=O)[C@@H](OC(C)=O)[C@@H]1OC(C)=O. The highest BCUT2D eigenvalue weighted by atomic mass is 16.8. The van der Waals surface area contributed by atoms with Gasteiger partial charge in [0.2, 0.25) is 11.6 Å². The molecule has 0 unspecified atom stereocenters. The maximum Gasteiger partial charge on any atom is 0.303 e. The number of esters is 8. The topological polar surface area (TPSA) is 247 Å². The normalized spacial score (nSPS) is 33.3. The standard InChI is InChI=1S/C30H40O20/c1-13(31)39-9-21-23(43-15(3)33)25(45-17(5)35)27(47-19(7)37)29(49-21)11-42-30(12-41-29)28(48-20(8)38)26(46-18(6)36)24(44-16(4)34)22(50-30)10-40-14(2)32/h21-28H,9-12H2,1-8H3/t21-,22-,23-,24-,25+,26+,27-,28-,29+,30+/m1/s1. The zero-order chi connectivity index (χ0) is 37.6. The van der Waals surface area contributed by atoms with Gasteiger partial charge in [0.1, 0.15) is 38.6 Å². The molecular weight excluding hydrogens is 680 g/mol. The molecule has 3 aliphatic rings. The number of carbonyl (C=O) groups is 8. The minimum Gasteiger partial charge on any atom is -0.463 e. The Kier molecular flexibility index (Phi) is 13.2. The molecule has 10 atom stereocenters. The second-order valence-electron chi connectivity index (χ2n) is 11.5. The van der Waals surface area contributed by atoms with Crippen LogP contribution in [0.5, 0.6) is 0 Å². The van der Waals surface area contributed by atoms with Gasteiger partial charge in [-0.1, -0.05) is 0 Å². The van der Waals surface area contributed by atoms with E-state index in [0.29, 0.717) is 0 Å². The fourth-order valence-electron chi connectivity index (χ4n) is 5.68. The zero-order valence-electron chi connectivity index (χ0n) is 28.6. The Hall–Kier alpha value is -4.40. The Morgan fingerprint density at radius 1 is 0.440 bits per heavy atom. The molecular formula is C30H40O20. The van der Waals surface area contributed by atoms with Crippen molar-refractivity contribution in [2.75, 3.05) is 26.4 Å². The van der Waals surface area contributed by atoms with Crippen molar-refractivity contribution in [3.63, 3.8) is 0 Å². The maximum atomic E-state index is 12.4. The molecule has 0 aromatic carbocycles. The van der Waals surface area contributed by atoms with Crippen LogP contribution in [0, 0.1) is 0 Å². The molecule has 2 spiro atoms. The molecule has 3 rings (SSSR count). The second kappa shape index (κ2) is 16.5. The molecule has 0 N–H and O–H groups in total. The Labute approximate surface area is 285 Å². The first kappa shape index (κ1) is 40.0. The van der Waals surface area contributed by atoms with Gasteiger partial charge < -0.3 is 56.8 Å². The molecule has 0 aliphatic carbocycles. The molecule has 50 heavy (non-hydrogen) atoms. The third kappa shape index (κ3) is 9.86. The Morgan fingerprint density at radius 3 is 0.960 bits per heavy atom. The number of hydrogen-bond donors (Lipinski definition) is 0. The molecule has 0 amide bonds. The predicted molar refractivity (Wildman–Crippen MR) is 154 cm³/mol. The van der Waals surface area contributed by atoms with Gasteiger partial charge in [0.05, 0.1) is 0 Å². The monoisotopic (exact) mass is 720 g/mol. The van der Waals surface area contributed by atoms with Crippen LogP contribution in [0.4, 0.5) is 0 Å². The van der Waals surface area contributed by atoms with Crippen molar-refractivity contribution >= 4 is 47.8 Å². The van der Waals surface area contributed by atoms with E-state index in [9.17, 15) is 38.4 Å². The lowest BCUT2D eigenvalue weighted by Crippen LogP contribution is -2.77. The molecule has 3 heterocycles. The summed E-state index contributed by atoms with van der Waals surface area (Å²) in [5, 5.41) is 0. The zero-order valence-corrected chi connectivity index (χ0v) is 28.6. The van der Waals surface area contributed by atoms with Gasteiger partial charge in [-0.15, -0.1) is 0 Å². The van der Waals surface area contributed by atoms with Gasteiger partial charge >= 0.3 is 47.8 Å². The van der Waals surface area contributed by atoms with Crippen molar-refractivity contribution in [1.29, 1.82) is 0 Å². The van der Waals surface area contributed by atoms with Crippen LogP contribution in [0.25, 0.3) is 0 Å². The summed E-state index contributed by atoms with van der Waals surface area (Å²) in [7, 11) is 0. The first-order chi connectivity index (χ1) is 23.3. The first-order valence-corrected chi connectivity index (χ1v) is 15.2. The average molecular weight is 721 g/mol. The summed E-state index contributed by atoms with van der Waals surface area (Å²) >= 11 is 0. The van der Waals surface area contributed by atoms with Gasteiger partial charge in [0, 0.05) is 55.4 Å². The van der Waals surface area contributed by atoms with Crippen LogP contribution < -0.4 is 0 Å². The van der Waals surface area contributed by atoms with Gasteiger partial charge in [-0.05, 0) is 0 Å². The van der Waals surface area contributed by atoms with Gasteiger partial charge in [-0.2, -0.15) is 0 Å². The van der Waals surface area contributed by atoms with E-state index in [1.54, 1.807) is 0 Å². The molecule has 3 aliphatic heterocycles. The summed E-state index contributed by atoms with van der Waals surface area (Å²) in [5.74, 6) is -11.4. The molecule has 0 saturated carbocycles. The van der Waals surface area contributed by atoms with E-state index in [1.807, 2.05) is 0 Å². The van der Waals surface area contributed by atoms with Crippen molar-refractivity contribution in [3.8, 4) is 0 Å². The lowest BCUT2D eigenvalue weighted by atomic mass is 9.88. The molecule has 0 aromatic heterocycles. The van der Waals surface area contributed by atoms with Gasteiger partial charge in [0.25, 0.3) is 0 Å². The molecule has 3 fully saturated rings. The van der Waals surface area contributed by atoms with Gasteiger partial charge in [-0.25, -0.2) is 0 Å². The summed E-state index contributed by atoms with van der Waals surface area (Å²) in [4.78, 5) is 97.2. The maximum absolute atomic E-state index is 12.4.